The molecule has 0 aliphatic heterocycles. The first kappa shape index (κ1) is 12.6. The summed E-state index contributed by atoms with van der Waals surface area (Å²) in [6, 6.07) is 11.5. The number of rotatable bonds is 3. The van der Waals surface area contributed by atoms with Crippen molar-refractivity contribution in [3.63, 3.8) is 0 Å². The van der Waals surface area contributed by atoms with Gasteiger partial charge in [-0.3, -0.25) is 10.1 Å². The Kier molecular flexibility index (Phi) is 3.10. The van der Waals surface area contributed by atoms with E-state index in [4.69, 9.17) is 0 Å². The van der Waals surface area contributed by atoms with Crippen LogP contribution in [0.4, 0.5) is 15.8 Å². The average molecular weight is 272 g/mol. The Morgan fingerprint density at radius 3 is 2.65 bits per heavy atom. The molecule has 20 heavy (non-hydrogen) atoms. The third-order valence-electron chi connectivity index (χ3n) is 3.63. The SMILES string of the molecule is O=[N+]([O-])c1ccc(NC2CCc3c(F)cccc32)cc1. The minimum Gasteiger partial charge on any atom is -0.378 e. The number of nitro benzene ring substituents is 1. The van der Waals surface area contributed by atoms with Crippen molar-refractivity contribution in [2.24, 2.45) is 0 Å². The van der Waals surface area contributed by atoms with Gasteiger partial charge in [0.05, 0.1) is 11.0 Å². The molecule has 3 rings (SSSR count). The fraction of sp³-hybridized carbons (Fsp3) is 0.200. The van der Waals surface area contributed by atoms with Crippen LogP contribution in [0.15, 0.2) is 42.5 Å². The molecule has 1 aliphatic rings. The van der Waals surface area contributed by atoms with Crippen molar-refractivity contribution in [3.05, 3.63) is 69.5 Å². The second kappa shape index (κ2) is 4.92. The first-order chi connectivity index (χ1) is 9.65. The van der Waals surface area contributed by atoms with E-state index < -0.39 is 4.92 Å². The van der Waals surface area contributed by atoms with Gasteiger partial charge in [-0.2, -0.15) is 0 Å². The van der Waals surface area contributed by atoms with Gasteiger partial charge in [-0.1, -0.05) is 12.1 Å². The minimum atomic E-state index is -0.427. The molecule has 0 spiro atoms. The van der Waals surface area contributed by atoms with Crippen LogP contribution in [0.5, 0.6) is 0 Å². The standard InChI is InChI=1S/C15H13FN2O2/c16-14-3-1-2-13-12(14)8-9-15(13)17-10-4-6-11(7-5-10)18(19)20/h1-7,15,17H,8-9H2. The van der Waals surface area contributed by atoms with Gasteiger partial charge < -0.3 is 5.32 Å². The van der Waals surface area contributed by atoms with Crippen molar-refractivity contribution in [1.82, 2.24) is 0 Å². The molecule has 0 saturated carbocycles. The number of nitro groups is 1. The van der Waals surface area contributed by atoms with Gasteiger partial charge in [0.1, 0.15) is 5.82 Å². The van der Waals surface area contributed by atoms with Crippen LogP contribution in [0.3, 0.4) is 0 Å². The van der Waals surface area contributed by atoms with E-state index in [1.54, 1.807) is 18.2 Å². The number of non-ortho nitro benzene ring substituents is 1. The van der Waals surface area contributed by atoms with Crippen LogP contribution < -0.4 is 5.32 Å². The van der Waals surface area contributed by atoms with Gasteiger partial charge in [0, 0.05) is 17.8 Å². The molecule has 0 heterocycles. The molecule has 1 atom stereocenters. The molecular weight excluding hydrogens is 259 g/mol. The summed E-state index contributed by atoms with van der Waals surface area (Å²) in [5.41, 5.74) is 2.61. The van der Waals surface area contributed by atoms with Crippen LogP contribution >= 0.6 is 0 Å². The maximum Gasteiger partial charge on any atom is 0.269 e. The van der Waals surface area contributed by atoms with Gasteiger partial charge in [0.25, 0.3) is 5.69 Å². The zero-order valence-electron chi connectivity index (χ0n) is 10.7. The van der Waals surface area contributed by atoms with Crippen molar-refractivity contribution in [2.45, 2.75) is 18.9 Å². The molecule has 0 aromatic heterocycles. The molecule has 102 valence electrons. The summed E-state index contributed by atoms with van der Waals surface area (Å²) >= 11 is 0. The number of benzene rings is 2. The van der Waals surface area contributed by atoms with Crippen molar-refractivity contribution in [3.8, 4) is 0 Å². The molecule has 0 bridgehead atoms. The lowest BCUT2D eigenvalue weighted by Crippen LogP contribution is -2.07. The van der Waals surface area contributed by atoms with E-state index in [0.29, 0.717) is 6.42 Å². The van der Waals surface area contributed by atoms with Gasteiger partial charge >= 0.3 is 0 Å². The van der Waals surface area contributed by atoms with E-state index in [-0.39, 0.29) is 17.5 Å². The van der Waals surface area contributed by atoms with Crippen molar-refractivity contribution >= 4 is 11.4 Å². The highest BCUT2D eigenvalue weighted by Gasteiger charge is 2.24. The Morgan fingerprint density at radius 2 is 1.95 bits per heavy atom. The summed E-state index contributed by atoms with van der Waals surface area (Å²) in [5, 5.41) is 13.9. The summed E-state index contributed by atoms with van der Waals surface area (Å²) in [7, 11) is 0. The molecule has 2 aromatic rings. The van der Waals surface area contributed by atoms with Crippen molar-refractivity contribution < 1.29 is 9.31 Å². The second-order valence-electron chi connectivity index (χ2n) is 4.85. The highest BCUT2D eigenvalue weighted by atomic mass is 19.1. The predicted octanol–water partition coefficient (Wildman–Crippen LogP) is 3.83. The number of fused-ring (bicyclic) bond motifs is 1. The Hall–Kier alpha value is -2.43. The van der Waals surface area contributed by atoms with E-state index >= 15 is 0 Å². The lowest BCUT2D eigenvalue weighted by Gasteiger charge is -2.15. The number of nitrogens with zero attached hydrogens (tertiary/aromatic N) is 1. The minimum absolute atomic E-state index is 0.0576. The van der Waals surface area contributed by atoms with E-state index in [9.17, 15) is 14.5 Å². The number of halogens is 1. The summed E-state index contributed by atoms with van der Waals surface area (Å²) in [4.78, 5) is 10.2. The fourth-order valence-electron chi connectivity index (χ4n) is 2.64. The number of hydrogen-bond donors (Lipinski definition) is 1. The number of hydrogen-bond acceptors (Lipinski definition) is 3. The molecule has 1 N–H and O–H groups in total. The van der Waals surface area contributed by atoms with Crippen LogP contribution in [0.2, 0.25) is 0 Å². The zero-order chi connectivity index (χ0) is 14.1. The van der Waals surface area contributed by atoms with E-state index in [0.717, 1.165) is 23.2 Å². The Balaban J connectivity index is 1.80. The Labute approximate surface area is 115 Å². The average Bonchev–Trinajstić information content (AvgIpc) is 2.84. The molecule has 5 heteroatoms. The molecular formula is C15H13FN2O2. The van der Waals surface area contributed by atoms with Crippen LogP contribution in [-0.4, -0.2) is 4.92 Å². The smallest absolute Gasteiger partial charge is 0.269 e. The van der Waals surface area contributed by atoms with E-state index in [1.165, 1.54) is 18.2 Å². The monoisotopic (exact) mass is 272 g/mol. The molecule has 0 radical (unpaired) electrons. The summed E-state index contributed by atoms with van der Waals surface area (Å²) in [5.74, 6) is -0.157. The summed E-state index contributed by atoms with van der Waals surface area (Å²) in [6.45, 7) is 0. The van der Waals surface area contributed by atoms with Crippen LogP contribution in [-0.2, 0) is 6.42 Å². The normalized spacial score (nSPS) is 16.8. The molecule has 1 unspecified atom stereocenters. The van der Waals surface area contributed by atoms with Gasteiger partial charge in [0.15, 0.2) is 0 Å². The van der Waals surface area contributed by atoms with E-state index in [1.807, 2.05) is 6.07 Å². The van der Waals surface area contributed by atoms with Crippen LogP contribution in [0.1, 0.15) is 23.6 Å². The largest absolute Gasteiger partial charge is 0.378 e. The van der Waals surface area contributed by atoms with Gasteiger partial charge in [-0.05, 0) is 42.2 Å². The number of anilines is 1. The molecule has 4 nitrogen and oxygen atoms in total. The van der Waals surface area contributed by atoms with Gasteiger partial charge in [0.2, 0.25) is 0 Å². The first-order valence-electron chi connectivity index (χ1n) is 6.43. The molecule has 0 fully saturated rings. The number of nitrogens with one attached hydrogen (secondary N) is 1. The highest BCUT2D eigenvalue weighted by molar-refractivity contribution is 5.51. The predicted molar refractivity (Wildman–Crippen MR) is 74.2 cm³/mol. The van der Waals surface area contributed by atoms with Crippen molar-refractivity contribution in [2.75, 3.05) is 5.32 Å². The fourth-order valence-corrected chi connectivity index (χ4v) is 2.64. The molecule has 0 saturated heterocycles. The molecule has 1 aliphatic carbocycles. The zero-order valence-corrected chi connectivity index (χ0v) is 10.7. The third kappa shape index (κ3) is 2.22. The quantitative estimate of drug-likeness (QED) is 0.682. The van der Waals surface area contributed by atoms with Gasteiger partial charge in [-0.15, -0.1) is 0 Å². The third-order valence-corrected chi connectivity index (χ3v) is 3.63. The molecule has 0 amide bonds. The maximum absolute atomic E-state index is 13.6. The van der Waals surface area contributed by atoms with Crippen LogP contribution in [0, 0.1) is 15.9 Å². The topological polar surface area (TPSA) is 55.2 Å². The van der Waals surface area contributed by atoms with Crippen LogP contribution in [0.25, 0.3) is 0 Å². The highest BCUT2D eigenvalue weighted by Crippen LogP contribution is 2.35. The lowest BCUT2D eigenvalue weighted by molar-refractivity contribution is -0.384. The Bertz CT molecular complexity index is 655. The maximum atomic E-state index is 13.6. The van der Waals surface area contributed by atoms with Gasteiger partial charge in [-0.25, -0.2) is 4.39 Å². The molecule has 2 aromatic carbocycles. The summed E-state index contributed by atoms with van der Waals surface area (Å²) in [6.07, 6.45) is 1.54. The second-order valence-corrected chi connectivity index (χ2v) is 4.85. The first-order valence-corrected chi connectivity index (χ1v) is 6.43. The Morgan fingerprint density at radius 1 is 1.20 bits per heavy atom. The van der Waals surface area contributed by atoms with Crippen molar-refractivity contribution in [1.29, 1.82) is 0 Å². The van der Waals surface area contributed by atoms with E-state index in [2.05, 4.69) is 5.32 Å². The summed E-state index contributed by atoms with van der Waals surface area (Å²) < 4.78 is 13.6. The lowest BCUT2D eigenvalue weighted by atomic mass is 10.1.